The van der Waals surface area contributed by atoms with Crippen LogP contribution in [0.5, 0.6) is 5.75 Å². The molecule has 1 N–H and O–H groups in total. The van der Waals surface area contributed by atoms with E-state index in [2.05, 4.69) is 0 Å². The SMILES string of the molecule is Oc1cccc2c(CCOCc3ccccc3)coc12. The van der Waals surface area contributed by atoms with Gasteiger partial charge in [-0.05, 0) is 18.1 Å². The summed E-state index contributed by atoms with van der Waals surface area (Å²) < 4.78 is 11.1. The summed E-state index contributed by atoms with van der Waals surface area (Å²) in [5.74, 6) is 0.180. The summed E-state index contributed by atoms with van der Waals surface area (Å²) in [5, 5.41) is 10.6. The second kappa shape index (κ2) is 5.80. The lowest BCUT2D eigenvalue weighted by Gasteiger charge is -2.03. The Morgan fingerprint density at radius 2 is 1.85 bits per heavy atom. The molecular formula is C17H16O3. The molecule has 2 aromatic carbocycles. The maximum Gasteiger partial charge on any atom is 0.175 e. The topological polar surface area (TPSA) is 42.6 Å². The minimum Gasteiger partial charge on any atom is -0.504 e. The zero-order valence-electron chi connectivity index (χ0n) is 11.1. The molecule has 0 radical (unpaired) electrons. The first-order chi connectivity index (χ1) is 9.84. The minimum absolute atomic E-state index is 0.180. The van der Waals surface area contributed by atoms with Gasteiger partial charge in [-0.2, -0.15) is 0 Å². The Kier molecular flexibility index (Phi) is 3.70. The standard InChI is InChI=1S/C17H16O3/c18-16-8-4-7-15-14(12-20-17(15)16)9-10-19-11-13-5-2-1-3-6-13/h1-8,12,18H,9-11H2. The van der Waals surface area contributed by atoms with Crippen LogP contribution in [0.15, 0.2) is 59.2 Å². The van der Waals surface area contributed by atoms with Gasteiger partial charge in [-0.25, -0.2) is 0 Å². The average molecular weight is 268 g/mol. The number of hydrogen-bond acceptors (Lipinski definition) is 3. The van der Waals surface area contributed by atoms with Crippen LogP contribution in [-0.2, 0) is 17.8 Å². The van der Waals surface area contributed by atoms with Crippen LogP contribution in [-0.4, -0.2) is 11.7 Å². The van der Waals surface area contributed by atoms with Crippen LogP contribution in [0.2, 0.25) is 0 Å². The minimum atomic E-state index is 0.180. The third kappa shape index (κ3) is 2.68. The van der Waals surface area contributed by atoms with E-state index >= 15 is 0 Å². The highest BCUT2D eigenvalue weighted by atomic mass is 16.5. The van der Waals surface area contributed by atoms with Gasteiger partial charge in [0.1, 0.15) is 0 Å². The Bertz CT molecular complexity index is 686. The summed E-state index contributed by atoms with van der Waals surface area (Å²) in [6.07, 6.45) is 2.46. The summed E-state index contributed by atoms with van der Waals surface area (Å²) >= 11 is 0. The molecule has 0 atom stereocenters. The van der Waals surface area contributed by atoms with Gasteiger partial charge in [-0.1, -0.05) is 42.5 Å². The fourth-order valence-electron chi connectivity index (χ4n) is 2.24. The van der Waals surface area contributed by atoms with Crippen molar-refractivity contribution in [2.45, 2.75) is 13.0 Å². The lowest BCUT2D eigenvalue weighted by molar-refractivity contribution is 0.124. The van der Waals surface area contributed by atoms with Crippen LogP contribution in [0, 0.1) is 0 Å². The Labute approximate surface area is 117 Å². The summed E-state index contributed by atoms with van der Waals surface area (Å²) in [5.41, 5.74) is 2.77. The monoisotopic (exact) mass is 268 g/mol. The number of ether oxygens (including phenoxy) is 1. The van der Waals surface area contributed by atoms with Crippen LogP contribution in [0.4, 0.5) is 0 Å². The highest BCUT2D eigenvalue weighted by molar-refractivity contribution is 5.85. The molecule has 3 nitrogen and oxygen atoms in total. The van der Waals surface area contributed by atoms with Crippen molar-refractivity contribution in [1.29, 1.82) is 0 Å². The Hall–Kier alpha value is -2.26. The highest BCUT2D eigenvalue weighted by Crippen LogP contribution is 2.28. The molecule has 0 fully saturated rings. The molecular weight excluding hydrogens is 252 g/mol. The number of rotatable bonds is 5. The maximum absolute atomic E-state index is 9.68. The van der Waals surface area contributed by atoms with Gasteiger partial charge in [-0.3, -0.25) is 0 Å². The molecule has 3 aromatic rings. The van der Waals surface area contributed by atoms with E-state index in [4.69, 9.17) is 9.15 Å². The largest absolute Gasteiger partial charge is 0.504 e. The molecule has 0 saturated heterocycles. The molecule has 0 aliphatic heterocycles. The molecule has 0 unspecified atom stereocenters. The smallest absolute Gasteiger partial charge is 0.175 e. The molecule has 0 spiro atoms. The van der Waals surface area contributed by atoms with Crippen LogP contribution in [0.3, 0.4) is 0 Å². The quantitative estimate of drug-likeness (QED) is 0.714. The number of furan rings is 1. The van der Waals surface area contributed by atoms with Gasteiger partial charge in [-0.15, -0.1) is 0 Å². The van der Waals surface area contributed by atoms with E-state index in [1.54, 1.807) is 12.3 Å². The first-order valence-electron chi connectivity index (χ1n) is 6.64. The van der Waals surface area contributed by atoms with E-state index < -0.39 is 0 Å². The molecule has 20 heavy (non-hydrogen) atoms. The molecule has 1 aromatic heterocycles. The number of benzene rings is 2. The van der Waals surface area contributed by atoms with Gasteiger partial charge in [0.2, 0.25) is 0 Å². The molecule has 0 aliphatic carbocycles. The summed E-state index contributed by atoms with van der Waals surface area (Å²) in [6.45, 7) is 1.24. The van der Waals surface area contributed by atoms with Crippen LogP contribution >= 0.6 is 0 Å². The number of phenols is 1. The van der Waals surface area contributed by atoms with E-state index in [0.717, 1.165) is 17.4 Å². The third-order valence-electron chi connectivity index (χ3n) is 3.29. The van der Waals surface area contributed by atoms with E-state index in [1.165, 1.54) is 5.56 Å². The second-order valence-corrected chi connectivity index (χ2v) is 4.70. The van der Waals surface area contributed by atoms with Gasteiger partial charge in [0.25, 0.3) is 0 Å². The molecule has 0 bridgehead atoms. The lowest BCUT2D eigenvalue weighted by Crippen LogP contribution is -1.98. The number of phenolic OH excluding ortho intramolecular Hbond substituents is 1. The third-order valence-corrected chi connectivity index (χ3v) is 3.29. The summed E-state index contributed by atoms with van der Waals surface area (Å²) in [7, 11) is 0. The van der Waals surface area contributed by atoms with E-state index in [-0.39, 0.29) is 5.75 Å². The van der Waals surface area contributed by atoms with Crippen molar-refractivity contribution in [2.75, 3.05) is 6.61 Å². The van der Waals surface area contributed by atoms with Crippen LogP contribution in [0.1, 0.15) is 11.1 Å². The molecule has 0 amide bonds. The van der Waals surface area contributed by atoms with Gasteiger partial charge in [0.15, 0.2) is 11.3 Å². The highest BCUT2D eigenvalue weighted by Gasteiger charge is 2.08. The van der Waals surface area contributed by atoms with Crippen LogP contribution in [0.25, 0.3) is 11.0 Å². The van der Waals surface area contributed by atoms with Crippen molar-refractivity contribution in [3.63, 3.8) is 0 Å². The van der Waals surface area contributed by atoms with E-state index in [0.29, 0.717) is 18.8 Å². The fourth-order valence-corrected chi connectivity index (χ4v) is 2.24. The molecule has 3 heteroatoms. The summed E-state index contributed by atoms with van der Waals surface area (Å²) in [4.78, 5) is 0. The molecule has 0 saturated carbocycles. The summed E-state index contributed by atoms with van der Waals surface area (Å²) in [6, 6.07) is 15.5. The normalized spacial score (nSPS) is 11.0. The van der Waals surface area contributed by atoms with Gasteiger partial charge in [0.05, 0.1) is 19.5 Å². The predicted octanol–water partition coefficient (Wildman–Crippen LogP) is 3.90. The Balaban J connectivity index is 1.59. The number of hydrogen-bond donors (Lipinski definition) is 1. The van der Waals surface area contributed by atoms with Gasteiger partial charge in [0, 0.05) is 10.9 Å². The zero-order valence-corrected chi connectivity index (χ0v) is 11.1. The first kappa shape index (κ1) is 12.8. The number of para-hydroxylation sites is 1. The number of aromatic hydroxyl groups is 1. The number of fused-ring (bicyclic) bond motifs is 1. The first-order valence-corrected chi connectivity index (χ1v) is 6.64. The second-order valence-electron chi connectivity index (χ2n) is 4.70. The molecule has 1 heterocycles. The van der Waals surface area contributed by atoms with Crippen molar-refractivity contribution in [1.82, 2.24) is 0 Å². The molecule has 3 rings (SSSR count). The Morgan fingerprint density at radius 1 is 1.00 bits per heavy atom. The lowest BCUT2D eigenvalue weighted by atomic mass is 10.1. The van der Waals surface area contributed by atoms with E-state index in [9.17, 15) is 5.11 Å². The van der Waals surface area contributed by atoms with Crippen molar-refractivity contribution in [2.24, 2.45) is 0 Å². The van der Waals surface area contributed by atoms with Crippen molar-refractivity contribution in [3.8, 4) is 5.75 Å². The maximum atomic E-state index is 9.68. The van der Waals surface area contributed by atoms with Crippen LogP contribution < -0.4 is 0 Å². The predicted molar refractivity (Wildman–Crippen MR) is 77.7 cm³/mol. The van der Waals surface area contributed by atoms with Crippen molar-refractivity contribution >= 4 is 11.0 Å². The van der Waals surface area contributed by atoms with Gasteiger partial charge >= 0.3 is 0 Å². The zero-order chi connectivity index (χ0) is 13.8. The molecule has 0 aliphatic rings. The average Bonchev–Trinajstić information content (AvgIpc) is 2.90. The van der Waals surface area contributed by atoms with E-state index in [1.807, 2.05) is 42.5 Å². The van der Waals surface area contributed by atoms with Crippen molar-refractivity contribution in [3.05, 3.63) is 65.9 Å². The Morgan fingerprint density at radius 3 is 2.70 bits per heavy atom. The van der Waals surface area contributed by atoms with Gasteiger partial charge < -0.3 is 14.3 Å². The van der Waals surface area contributed by atoms with Crippen molar-refractivity contribution < 1.29 is 14.3 Å². The molecule has 102 valence electrons. The fraction of sp³-hybridized carbons (Fsp3) is 0.176.